The zero-order chi connectivity index (χ0) is 10.7. The van der Waals surface area contributed by atoms with Crippen LogP contribution in [0, 0.1) is 17.0 Å². The van der Waals surface area contributed by atoms with E-state index in [2.05, 4.69) is 0 Å². The lowest BCUT2D eigenvalue weighted by Crippen LogP contribution is -2.11. The van der Waals surface area contributed by atoms with Crippen molar-refractivity contribution in [1.82, 2.24) is 0 Å². The van der Waals surface area contributed by atoms with Crippen LogP contribution in [0.25, 0.3) is 0 Å². The van der Waals surface area contributed by atoms with Crippen LogP contribution < -0.4 is 5.73 Å². The number of hydrogen-bond acceptors (Lipinski definition) is 3. The summed E-state index contributed by atoms with van der Waals surface area (Å²) in [5.41, 5.74) is 7.02. The Bertz CT molecular complexity index is 390. The van der Waals surface area contributed by atoms with E-state index in [1.165, 1.54) is 6.07 Å². The van der Waals surface area contributed by atoms with Crippen LogP contribution >= 0.6 is 12.2 Å². The normalized spacial score (nSPS) is 9.79. The average Bonchev–Trinajstić information content (AvgIpc) is 2.01. The third kappa shape index (κ3) is 2.50. The summed E-state index contributed by atoms with van der Waals surface area (Å²) in [6, 6.07) is 4.88. The van der Waals surface area contributed by atoms with Crippen molar-refractivity contribution in [3.63, 3.8) is 0 Å². The number of nitrogens with zero attached hydrogens (tertiary/aromatic N) is 1. The van der Waals surface area contributed by atoms with E-state index in [-0.39, 0.29) is 5.69 Å². The molecule has 0 aromatic heterocycles. The molecule has 0 amide bonds. The molecular formula is C9H10N2O2S. The SMILES string of the molecule is Cc1cc(CC(N)=S)ccc1[N+](=O)[O-]. The first-order chi connectivity index (χ1) is 6.50. The average molecular weight is 210 g/mol. The fourth-order valence-corrected chi connectivity index (χ4v) is 1.40. The van der Waals surface area contributed by atoms with Gasteiger partial charge in [0.15, 0.2) is 0 Å². The van der Waals surface area contributed by atoms with E-state index in [9.17, 15) is 10.1 Å². The minimum Gasteiger partial charge on any atom is -0.393 e. The molecule has 0 fully saturated rings. The summed E-state index contributed by atoms with van der Waals surface area (Å²) in [7, 11) is 0. The molecule has 0 heterocycles. The molecule has 5 heteroatoms. The zero-order valence-electron chi connectivity index (χ0n) is 7.69. The number of hydrogen-bond donors (Lipinski definition) is 1. The lowest BCUT2D eigenvalue weighted by Gasteiger charge is -2.01. The lowest BCUT2D eigenvalue weighted by atomic mass is 10.1. The maximum atomic E-state index is 10.5. The van der Waals surface area contributed by atoms with Crippen LogP contribution in [0.2, 0.25) is 0 Å². The van der Waals surface area contributed by atoms with Crippen LogP contribution in [-0.4, -0.2) is 9.91 Å². The molecule has 1 aromatic carbocycles. The second-order valence-electron chi connectivity index (χ2n) is 3.02. The molecule has 1 aromatic rings. The smallest absolute Gasteiger partial charge is 0.272 e. The van der Waals surface area contributed by atoms with E-state index in [1.807, 2.05) is 0 Å². The molecule has 0 spiro atoms. The van der Waals surface area contributed by atoms with Gasteiger partial charge in [0.2, 0.25) is 0 Å². The Labute approximate surface area is 86.9 Å². The Morgan fingerprint density at radius 1 is 1.64 bits per heavy atom. The molecule has 14 heavy (non-hydrogen) atoms. The van der Waals surface area contributed by atoms with E-state index >= 15 is 0 Å². The van der Waals surface area contributed by atoms with Crippen molar-refractivity contribution in [3.8, 4) is 0 Å². The number of nitro benzene ring substituents is 1. The summed E-state index contributed by atoms with van der Waals surface area (Å²) in [5, 5.41) is 10.5. The van der Waals surface area contributed by atoms with Gasteiger partial charge in [-0.05, 0) is 18.6 Å². The topological polar surface area (TPSA) is 69.2 Å². The molecule has 0 saturated heterocycles. The summed E-state index contributed by atoms with van der Waals surface area (Å²) < 4.78 is 0. The second kappa shape index (κ2) is 4.15. The van der Waals surface area contributed by atoms with Crippen molar-refractivity contribution in [2.45, 2.75) is 13.3 Å². The highest BCUT2D eigenvalue weighted by Crippen LogP contribution is 2.18. The van der Waals surface area contributed by atoms with Crippen LogP contribution in [-0.2, 0) is 6.42 Å². The molecule has 0 aliphatic carbocycles. The number of aryl methyl sites for hydroxylation is 1. The quantitative estimate of drug-likeness (QED) is 0.468. The van der Waals surface area contributed by atoms with Gasteiger partial charge in [-0.25, -0.2) is 0 Å². The molecular weight excluding hydrogens is 200 g/mol. The summed E-state index contributed by atoms with van der Waals surface area (Å²) >= 11 is 4.75. The van der Waals surface area contributed by atoms with Crippen LogP contribution in [0.15, 0.2) is 18.2 Å². The van der Waals surface area contributed by atoms with E-state index in [4.69, 9.17) is 18.0 Å². The molecule has 0 unspecified atom stereocenters. The predicted octanol–water partition coefficient (Wildman–Crippen LogP) is 1.73. The second-order valence-corrected chi connectivity index (χ2v) is 3.55. The molecule has 2 N–H and O–H groups in total. The Hall–Kier alpha value is -1.49. The van der Waals surface area contributed by atoms with E-state index in [0.717, 1.165) is 5.56 Å². The molecule has 0 aliphatic rings. The number of rotatable bonds is 3. The van der Waals surface area contributed by atoms with Gasteiger partial charge in [0, 0.05) is 18.1 Å². The van der Waals surface area contributed by atoms with Crippen molar-refractivity contribution in [2.75, 3.05) is 0 Å². The molecule has 4 nitrogen and oxygen atoms in total. The van der Waals surface area contributed by atoms with Crippen molar-refractivity contribution in [2.24, 2.45) is 5.73 Å². The third-order valence-corrected chi connectivity index (χ3v) is 1.98. The van der Waals surface area contributed by atoms with Crippen molar-refractivity contribution in [1.29, 1.82) is 0 Å². The van der Waals surface area contributed by atoms with Gasteiger partial charge in [0.05, 0.1) is 9.91 Å². The van der Waals surface area contributed by atoms with Gasteiger partial charge in [-0.15, -0.1) is 0 Å². The van der Waals surface area contributed by atoms with Crippen molar-refractivity contribution in [3.05, 3.63) is 39.4 Å². The molecule has 0 aliphatic heterocycles. The fraction of sp³-hybridized carbons (Fsp3) is 0.222. The first kappa shape index (κ1) is 10.6. The number of nitrogens with two attached hydrogens (primary N) is 1. The first-order valence-corrected chi connectivity index (χ1v) is 4.43. The lowest BCUT2D eigenvalue weighted by molar-refractivity contribution is -0.385. The first-order valence-electron chi connectivity index (χ1n) is 4.03. The monoisotopic (exact) mass is 210 g/mol. The molecule has 0 bridgehead atoms. The Morgan fingerprint density at radius 2 is 2.29 bits per heavy atom. The molecule has 0 saturated carbocycles. The minimum atomic E-state index is -0.403. The summed E-state index contributed by atoms with van der Waals surface area (Å²) in [4.78, 5) is 10.5. The van der Waals surface area contributed by atoms with Gasteiger partial charge >= 0.3 is 0 Å². The maximum Gasteiger partial charge on any atom is 0.272 e. The van der Waals surface area contributed by atoms with Crippen LogP contribution in [0.5, 0.6) is 0 Å². The number of thiocarbonyl (C=S) groups is 1. The van der Waals surface area contributed by atoms with E-state index in [0.29, 0.717) is 17.0 Å². The Kier molecular flexibility index (Phi) is 3.14. The third-order valence-electron chi connectivity index (χ3n) is 1.84. The van der Waals surface area contributed by atoms with E-state index in [1.54, 1.807) is 19.1 Å². The van der Waals surface area contributed by atoms with E-state index < -0.39 is 4.92 Å². The number of benzene rings is 1. The highest BCUT2D eigenvalue weighted by Gasteiger charge is 2.09. The van der Waals surface area contributed by atoms with Gasteiger partial charge < -0.3 is 5.73 Å². The van der Waals surface area contributed by atoms with Gasteiger partial charge in [-0.2, -0.15) is 0 Å². The van der Waals surface area contributed by atoms with Crippen molar-refractivity contribution >= 4 is 22.9 Å². The van der Waals surface area contributed by atoms with Crippen LogP contribution in [0.1, 0.15) is 11.1 Å². The maximum absolute atomic E-state index is 10.5. The summed E-state index contributed by atoms with van der Waals surface area (Å²) in [6.45, 7) is 1.70. The largest absolute Gasteiger partial charge is 0.393 e. The van der Waals surface area contributed by atoms with Gasteiger partial charge in [-0.1, -0.05) is 18.3 Å². The summed E-state index contributed by atoms with van der Waals surface area (Å²) in [6.07, 6.45) is 0.480. The molecule has 0 atom stereocenters. The van der Waals surface area contributed by atoms with Gasteiger partial charge in [-0.3, -0.25) is 10.1 Å². The predicted molar refractivity (Wildman–Crippen MR) is 58.3 cm³/mol. The molecule has 0 radical (unpaired) electrons. The molecule has 1 rings (SSSR count). The van der Waals surface area contributed by atoms with Crippen LogP contribution in [0.3, 0.4) is 0 Å². The number of nitro groups is 1. The minimum absolute atomic E-state index is 0.122. The van der Waals surface area contributed by atoms with Crippen LogP contribution in [0.4, 0.5) is 5.69 Å². The highest BCUT2D eigenvalue weighted by atomic mass is 32.1. The Morgan fingerprint density at radius 3 is 2.71 bits per heavy atom. The zero-order valence-corrected chi connectivity index (χ0v) is 8.50. The van der Waals surface area contributed by atoms with Crippen molar-refractivity contribution < 1.29 is 4.92 Å². The van der Waals surface area contributed by atoms with Gasteiger partial charge in [0.25, 0.3) is 5.69 Å². The summed E-state index contributed by atoms with van der Waals surface area (Å²) in [5.74, 6) is 0. The standard InChI is InChI=1S/C9H10N2O2S/c1-6-4-7(5-9(10)14)2-3-8(6)11(12)13/h2-4H,5H2,1H3,(H2,10,14). The van der Waals surface area contributed by atoms with Gasteiger partial charge in [0.1, 0.15) is 0 Å². The molecule has 74 valence electrons. The Balaban J connectivity index is 3.00. The fourth-order valence-electron chi connectivity index (χ4n) is 1.23. The highest BCUT2D eigenvalue weighted by molar-refractivity contribution is 7.80.